The monoisotopic (exact) mass is 291 g/mol. The predicted octanol–water partition coefficient (Wildman–Crippen LogP) is 2.24. The molecule has 0 amide bonds. The standard InChI is InChI=1S/C13H14ClN5O/c1-7(20)9-4-3-5-10(6-9)19(16)13-11(15)12(14)17-8(2)18-13/h3-6H,15-16H2,1-2H3. The second-order valence-electron chi connectivity index (χ2n) is 4.28. The van der Waals surface area contributed by atoms with Crippen LogP contribution in [0.4, 0.5) is 17.2 Å². The van der Waals surface area contributed by atoms with E-state index in [1.165, 1.54) is 11.9 Å². The number of aryl methyl sites for hydroxylation is 1. The molecule has 0 unspecified atom stereocenters. The average molecular weight is 292 g/mol. The molecular weight excluding hydrogens is 278 g/mol. The van der Waals surface area contributed by atoms with Crippen molar-refractivity contribution in [1.82, 2.24) is 9.97 Å². The first kappa shape index (κ1) is 14.2. The van der Waals surface area contributed by atoms with Crippen LogP contribution in [-0.4, -0.2) is 15.8 Å². The Morgan fingerprint density at radius 1 is 1.35 bits per heavy atom. The predicted molar refractivity (Wildman–Crippen MR) is 79.0 cm³/mol. The van der Waals surface area contributed by atoms with Crippen LogP contribution in [0.25, 0.3) is 0 Å². The molecule has 0 radical (unpaired) electrons. The molecule has 1 heterocycles. The summed E-state index contributed by atoms with van der Waals surface area (Å²) in [7, 11) is 0. The molecule has 4 N–H and O–H groups in total. The Morgan fingerprint density at radius 3 is 2.70 bits per heavy atom. The van der Waals surface area contributed by atoms with Crippen molar-refractivity contribution in [1.29, 1.82) is 0 Å². The van der Waals surface area contributed by atoms with Crippen molar-refractivity contribution in [2.75, 3.05) is 10.7 Å². The van der Waals surface area contributed by atoms with Crippen molar-refractivity contribution in [3.05, 3.63) is 40.8 Å². The topological polar surface area (TPSA) is 98.1 Å². The minimum Gasteiger partial charge on any atom is -0.393 e. The number of nitrogens with two attached hydrogens (primary N) is 2. The second-order valence-corrected chi connectivity index (χ2v) is 4.63. The Morgan fingerprint density at radius 2 is 2.05 bits per heavy atom. The number of benzene rings is 1. The molecule has 0 atom stereocenters. The second kappa shape index (κ2) is 5.44. The summed E-state index contributed by atoms with van der Waals surface area (Å²) in [6.07, 6.45) is 0. The van der Waals surface area contributed by atoms with Crippen molar-refractivity contribution in [3.8, 4) is 0 Å². The molecule has 2 rings (SSSR count). The van der Waals surface area contributed by atoms with Gasteiger partial charge in [0, 0.05) is 5.56 Å². The lowest BCUT2D eigenvalue weighted by Gasteiger charge is -2.20. The third-order valence-corrected chi connectivity index (χ3v) is 3.04. The Hall–Kier alpha value is -2.18. The molecule has 104 valence electrons. The molecule has 7 heteroatoms. The minimum atomic E-state index is -0.0508. The molecule has 0 aliphatic rings. The summed E-state index contributed by atoms with van der Waals surface area (Å²) >= 11 is 5.92. The highest BCUT2D eigenvalue weighted by Crippen LogP contribution is 2.30. The van der Waals surface area contributed by atoms with Gasteiger partial charge in [-0.25, -0.2) is 15.8 Å². The van der Waals surface area contributed by atoms with Gasteiger partial charge < -0.3 is 5.73 Å². The zero-order chi connectivity index (χ0) is 14.9. The van der Waals surface area contributed by atoms with E-state index in [2.05, 4.69) is 9.97 Å². The fourth-order valence-corrected chi connectivity index (χ4v) is 1.92. The van der Waals surface area contributed by atoms with E-state index in [1.54, 1.807) is 31.2 Å². The lowest BCUT2D eigenvalue weighted by molar-refractivity contribution is 0.101. The summed E-state index contributed by atoms with van der Waals surface area (Å²) in [4.78, 5) is 19.5. The maximum Gasteiger partial charge on any atom is 0.175 e. The van der Waals surface area contributed by atoms with Crippen LogP contribution in [0, 0.1) is 6.92 Å². The first-order chi connectivity index (χ1) is 9.40. The van der Waals surface area contributed by atoms with Gasteiger partial charge in [0.2, 0.25) is 0 Å². The first-order valence-electron chi connectivity index (χ1n) is 5.85. The van der Waals surface area contributed by atoms with E-state index in [0.29, 0.717) is 22.9 Å². The van der Waals surface area contributed by atoms with Crippen LogP contribution in [0.15, 0.2) is 24.3 Å². The Balaban J connectivity index is 2.48. The number of rotatable bonds is 3. The van der Waals surface area contributed by atoms with Crippen LogP contribution in [0.1, 0.15) is 23.1 Å². The highest BCUT2D eigenvalue weighted by atomic mass is 35.5. The molecule has 2 aromatic rings. The normalized spacial score (nSPS) is 10.4. The van der Waals surface area contributed by atoms with Crippen molar-refractivity contribution in [2.45, 2.75) is 13.8 Å². The van der Waals surface area contributed by atoms with Crippen LogP contribution in [0.3, 0.4) is 0 Å². The summed E-state index contributed by atoms with van der Waals surface area (Å²) in [5.74, 6) is 6.72. The van der Waals surface area contributed by atoms with Gasteiger partial charge in [-0.15, -0.1) is 0 Å². The molecule has 0 spiro atoms. The smallest absolute Gasteiger partial charge is 0.175 e. The van der Waals surface area contributed by atoms with E-state index < -0.39 is 0 Å². The summed E-state index contributed by atoms with van der Waals surface area (Å²) in [6, 6.07) is 6.85. The number of nitrogens with zero attached hydrogens (tertiary/aromatic N) is 3. The molecule has 6 nitrogen and oxygen atoms in total. The van der Waals surface area contributed by atoms with Crippen LogP contribution < -0.4 is 16.6 Å². The van der Waals surface area contributed by atoms with Gasteiger partial charge in [0.1, 0.15) is 11.5 Å². The van der Waals surface area contributed by atoms with E-state index in [9.17, 15) is 4.79 Å². The van der Waals surface area contributed by atoms with Crippen molar-refractivity contribution < 1.29 is 4.79 Å². The van der Waals surface area contributed by atoms with Crippen molar-refractivity contribution >= 4 is 34.6 Å². The Kier molecular flexibility index (Phi) is 3.87. The molecule has 0 aliphatic heterocycles. The van der Waals surface area contributed by atoms with E-state index in [1.807, 2.05) is 0 Å². The number of carbonyl (C=O) groups is 1. The maximum absolute atomic E-state index is 11.4. The van der Waals surface area contributed by atoms with Crippen LogP contribution in [0.5, 0.6) is 0 Å². The fourth-order valence-electron chi connectivity index (χ4n) is 1.71. The van der Waals surface area contributed by atoms with Gasteiger partial charge in [0.05, 0.1) is 5.69 Å². The molecule has 0 saturated heterocycles. The number of hydrazine groups is 1. The van der Waals surface area contributed by atoms with Gasteiger partial charge in [-0.2, -0.15) is 0 Å². The van der Waals surface area contributed by atoms with Crippen molar-refractivity contribution in [2.24, 2.45) is 5.84 Å². The number of anilines is 3. The minimum absolute atomic E-state index is 0.0508. The summed E-state index contributed by atoms with van der Waals surface area (Å²) in [5, 5.41) is 1.42. The molecule has 0 aliphatic carbocycles. The molecular formula is C13H14ClN5O. The molecule has 1 aromatic carbocycles. The fraction of sp³-hybridized carbons (Fsp3) is 0.154. The molecule has 0 fully saturated rings. The molecule has 20 heavy (non-hydrogen) atoms. The Bertz CT molecular complexity index is 674. The quantitative estimate of drug-likeness (QED) is 0.389. The number of carbonyl (C=O) groups excluding carboxylic acids is 1. The lowest BCUT2D eigenvalue weighted by Crippen LogP contribution is -2.27. The van der Waals surface area contributed by atoms with Gasteiger partial charge in [-0.3, -0.25) is 9.80 Å². The third kappa shape index (κ3) is 2.71. The van der Waals surface area contributed by atoms with Crippen LogP contribution >= 0.6 is 11.6 Å². The number of nitrogen functional groups attached to an aromatic ring is 1. The summed E-state index contributed by atoms with van der Waals surface area (Å²) in [6.45, 7) is 3.18. The zero-order valence-electron chi connectivity index (χ0n) is 11.1. The van der Waals surface area contributed by atoms with Crippen LogP contribution in [0.2, 0.25) is 5.15 Å². The maximum atomic E-state index is 11.4. The van der Waals surface area contributed by atoms with Gasteiger partial charge in [0.15, 0.2) is 16.8 Å². The largest absolute Gasteiger partial charge is 0.393 e. The number of ketones is 1. The van der Waals surface area contributed by atoms with Crippen LogP contribution in [-0.2, 0) is 0 Å². The lowest BCUT2D eigenvalue weighted by atomic mass is 10.1. The van der Waals surface area contributed by atoms with Gasteiger partial charge >= 0.3 is 0 Å². The number of hydrogen-bond donors (Lipinski definition) is 2. The van der Waals surface area contributed by atoms with Gasteiger partial charge in [-0.05, 0) is 26.0 Å². The first-order valence-corrected chi connectivity index (χ1v) is 6.23. The van der Waals surface area contributed by atoms with E-state index in [4.69, 9.17) is 23.2 Å². The number of Topliss-reactive ketones (excluding diaryl/α,β-unsaturated/α-hetero) is 1. The average Bonchev–Trinajstić information content (AvgIpc) is 2.42. The number of hydrogen-bond acceptors (Lipinski definition) is 6. The highest BCUT2D eigenvalue weighted by molar-refractivity contribution is 6.32. The SMILES string of the molecule is CC(=O)c1cccc(N(N)c2nc(C)nc(Cl)c2N)c1. The third-order valence-electron chi connectivity index (χ3n) is 2.75. The Labute approximate surface area is 121 Å². The van der Waals surface area contributed by atoms with Crippen molar-refractivity contribution in [3.63, 3.8) is 0 Å². The number of aromatic nitrogens is 2. The molecule has 0 bridgehead atoms. The summed E-state index contributed by atoms with van der Waals surface area (Å²) in [5.41, 5.74) is 7.16. The highest BCUT2D eigenvalue weighted by Gasteiger charge is 2.15. The number of halogens is 1. The molecule has 0 saturated carbocycles. The van der Waals surface area contributed by atoms with E-state index in [-0.39, 0.29) is 16.6 Å². The van der Waals surface area contributed by atoms with Gasteiger partial charge in [-0.1, -0.05) is 23.7 Å². The zero-order valence-corrected chi connectivity index (χ0v) is 11.8. The molecule has 1 aromatic heterocycles. The van der Waals surface area contributed by atoms with Gasteiger partial charge in [0.25, 0.3) is 0 Å². The van der Waals surface area contributed by atoms with E-state index >= 15 is 0 Å². The summed E-state index contributed by atoms with van der Waals surface area (Å²) < 4.78 is 0. The van der Waals surface area contributed by atoms with E-state index in [0.717, 1.165) is 0 Å².